The van der Waals surface area contributed by atoms with E-state index in [4.69, 9.17) is 9.84 Å². The Balaban J connectivity index is 1.61. The molecule has 152 valence electrons. The van der Waals surface area contributed by atoms with Gasteiger partial charge in [0, 0.05) is 19.8 Å². The van der Waals surface area contributed by atoms with E-state index in [-0.39, 0.29) is 5.91 Å². The van der Waals surface area contributed by atoms with Gasteiger partial charge in [-0.1, -0.05) is 48.5 Å². The Labute approximate surface area is 180 Å². The van der Waals surface area contributed by atoms with E-state index in [1.807, 2.05) is 77.9 Å². The first-order chi connectivity index (χ1) is 14.6. The van der Waals surface area contributed by atoms with Crippen LogP contribution in [0.3, 0.4) is 0 Å². The summed E-state index contributed by atoms with van der Waals surface area (Å²) in [6.07, 6.45) is 1.85. The van der Waals surface area contributed by atoms with Crippen LogP contribution in [-0.2, 0) is 13.1 Å². The third kappa shape index (κ3) is 4.44. The van der Waals surface area contributed by atoms with Gasteiger partial charge in [0.15, 0.2) is 0 Å². The van der Waals surface area contributed by atoms with Gasteiger partial charge < -0.3 is 9.64 Å². The van der Waals surface area contributed by atoms with Gasteiger partial charge in [-0.3, -0.25) is 9.48 Å². The number of rotatable bonds is 7. The minimum atomic E-state index is -0.0551. The van der Waals surface area contributed by atoms with Crippen molar-refractivity contribution in [1.82, 2.24) is 14.7 Å². The van der Waals surface area contributed by atoms with E-state index < -0.39 is 0 Å². The number of methoxy groups -OCH3 is 1. The van der Waals surface area contributed by atoms with Gasteiger partial charge >= 0.3 is 0 Å². The molecule has 0 aliphatic heterocycles. The first-order valence-corrected chi connectivity index (χ1v) is 10.6. The van der Waals surface area contributed by atoms with E-state index in [9.17, 15) is 4.79 Å². The molecular weight excluding hydrogens is 394 g/mol. The number of nitrogens with zero attached hydrogens (tertiary/aromatic N) is 3. The van der Waals surface area contributed by atoms with Gasteiger partial charge in [-0.05, 0) is 34.7 Å². The Morgan fingerprint density at radius 2 is 1.87 bits per heavy atom. The molecule has 0 saturated heterocycles. The van der Waals surface area contributed by atoms with Crippen LogP contribution in [0.2, 0.25) is 0 Å². The van der Waals surface area contributed by atoms with Crippen LogP contribution < -0.4 is 4.74 Å². The lowest BCUT2D eigenvalue weighted by Crippen LogP contribution is -2.26. The van der Waals surface area contributed by atoms with Crippen molar-refractivity contribution in [2.24, 2.45) is 0 Å². The van der Waals surface area contributed by atoms with Crippen molar-refractivity contribution >= 4 is 17.2 Å². The summed E-state index contributed by atoms with van der Waals surface area (Å²) in [6, 6.07) is 21.9. The van der Waals surface area contributed by atoms with Gasteiger partial charge in [0.1, 0.15) is 11.4 Å². The Hall–Kier alpha value is -3.38. The molecule has 0 saturated carbocycles. The van der Waals surface area contributed by atoms with Crippen molar-refractivity contribution in [2.45, 2.75) is 13.1 Å². The molecule has 4 aromatic rings. The van der Waals surface area contributed by atoms with Crippen molar-refractivity contribution < 1.29 is 9.53 Å². The Bertz CT molecular complexity index is 1120. The van der Waals surface area contributed by atoms with Crippen LogP contribution >= 0.6 is 11.3 Å². The number of carbonyl (C=O) groups excluding carboxylic acids is 1. The molecule has 6 heteroatoms. The molecule has 0 radical (unpaired) electrons. The molecule has 5 nitrogen and oxygen atoms in total. The number of carbonyl (C=O) groups is 1. The predicted molar refractivity (Wildman–Crippen MR) is 120 cm³/mol. The monoisotopic (exact) mass is 417 g/mol. The molecule has 0 bridgehead atoms. The van der Waals surface area contributed by atoms with Crippen molar-refractivity contribution in [2.75, 3.05) is 14.2 Å². The first kappa shape index (κ1) is 19.9. The number of hydrogen-bond acceptors (Lipinski definition) is 4. The van der Waals surface area contributed by atoms with E-state index >= 15 is 0 Å². The molecule has 2 aromatic heterocycles. The first-order valence-electron chi connectivity index (χ1n) is 9.67. The van der Waals surface area contributed by atoms with E-state index in [0.29, 0.717) is 18.7 Å². The third-order valence-corrected chi connectivity index (χ3v) is 5.71. The van der Waals surface area contributed by atoms with Crippen molar-refractivity contribution in [3.8, 4) is 16.3 Å². The van der Waals surface area contributed by atoms with Gasteiger partial charge in [-0.15, -0.1) is 11.3 Å². The second-order valence-corrected chi connectivity index (χ2v) is 8.01. The summed E-state index contributed by atoms with van der Waals surface area (Å²) >= 11 is 1.58. The Morgan fingerprint density at radius 1 is 1.07 bits per heavy atom. The summed E-state index contributed by atoms with van der Waals surface area (Å²) in [7, 11) is 3.46. The minimum Gasteiger partial charge on any atom is -0.497 e. The predicted octanol–water partition coefficient (Wildman–Crippen LogP) is 4.94. The molecule has 0 unspecified atom stereocenters. The topological polar surface area (TPSA) is 47.4 Å². The quantitative estimate of drug-likeness (QED) is 0.428. The van der Waals surface area contributed by atoms with Crippen molar-refractivity contribution in [3.63, 3.8) is 0 Å². The summed E-state index contributed by atoms with van der Waals surface area (Å²) < 4.78 is 7.14. The normalized spacial score (nSPS) is 10.7. The van der Waals surface area contributed by atoms with Crippen LogP contribution in [0.1, 0.15) is 21.5 Å². The zero-order valence-electron chi connectivity index (χ0n) is 17.0. The van der Waals surface area contributed by atoms with Crippen molar-refractivity contribution in [1.29, 1.82) is 0 Å². The average molecular weight is 418 g/mol. The van der Waals surface area contributed by atoms with E-state index in [1.165, 1.54) is 0 Å². The Morgan fingerprint density at radius 3 is 2.60 bits per heavy atom. The maximum atomic E-state index is 13.3. The number of amides is 1. The highest BCUT2D eigenvalue weighted by atomic mass is 32.1. The van der Waals surface area contributed by atoms with Gasteiger partial charge in [0.25, 0.3) is 5.91 Å². The average Bonchev–Trinajstić information content (AvgIpc) is 3.44. The molecule has 30 heavy (non-hydrogen) atoms. The summed E-state index contributed by atoms with van der Waals surface area (Å²) in [6.45, 7) is 1.11. The lowest BCUT2D eigenvalue weighted by Gasteiger charge is -2.17. The van der Waals surface area contributed by atoms with Crippen LogP contribution in [-0.4, -0.2) is 34.7 Å². The fraction of sp³-hybridized carbons (Fsp3) is 0.167. The van der Waals surface area contributed by atoms with Gasteiger partial charge in [0.2, 0.25) is 0 Å². The smallest absolute Gasteiger partial charge is 0.257 e. The molecule has 0 aliphatic rings. The lowest BCUT2D eigenvalue weighted by molar-refractivity contribution is 0.0785. The Kier molecular flexibility index (Phi) is 5.95. The highest BCUT2D eigenvalue weighted by Crippen LogP contribution is 2.28. The number of aromatic nitrogens is 2. The SMILES string of the molecule is COc1cccc(CN(C)C(=O)c2cn(Cc3ccccc3)nc2-c2cccs2)c1. The standard InChI is InChI=1S/C24H23N3O2S/c1-26(15-19-10-6-11-20(14-19)29-2)24(28)21-17-27(16-18-8-4-3-5-9-18)25-23(21)22-12-7-13-30-22/h3-14,17H,15-16H2,1-2H3. The van der Waals surface area contributed by atoms with Crippen LogP contribution in [0.25, 0.3) is 10.6 Å². The zero-order chi connectivity index (χ0) is 20.9. The molecule has 0 atom stereocenters. The number of hydrogen-bond donors (Lipinski definition) is 0. The summed E-state index contributed by atoms with van der Waals surface area (Å²) in [4.78, 5) is 16.0. The zero-order valence-corrected chi connectivity index (χ0v) is 17.8. The third-order valence-electron chi connectivity index (χ3n) is 4.83. The van der Waals surface area contributed by atoms with Crippen LogP contribution in [0.15, 0.2) is 78.3 Å². The van der Waals surface area contributed by atoms with E-state index in [1.54, 1.807) is 23.3 Å². The summed E-state index contributed by atoms with van der Waals surface area (Å²) in [5.74, 6) is 0.726. The molecule has 0 N–H and O–H groups in total. The fourth-order valence-electron chi connectivity index (χ4n) is 3.35. The molecule has 2 heterocycles. The molecule has 0 fully saturated rings. The van der Waals surface area contributed by atoms with Gasteiger partial charge in [-0.2, -0.15) is 5.10 Å². The molecular formula is C24H23N3O2S. The number of benzene rings is 2. The second-order valence-electron chi connectivity index (χ2n) is 7.06. The largest absolute Gasteiger partial charge is 0.497 e. The van der Waals surface area contributed by atoms with Crippen LogP contribution in [0.4, 0.5) is 0 Å². The molecule has 2 aromatic carbocycles. The summed E-state index contributed by atoms with van der Waals surface area (Å²) in [5, 5.41) is 6.75. The van der Waals surface area contributed by atoms with Gasteiger partial charge in [0.05, 0.1) is 24.1 Å². The fourth-order valence-corrected chi connectivity index (χ4v) is 4.07. The van der Waals surface area contributed by atoms with Crippen LogP contribution in [0, 0.1) is 0 Å². The van der Waals surface area contributed by atoms with Gasteiger partial charge in [-0.25, -0.2) is 0 Å². The minimum absolute atomic E-state index is 0.0551. The van der Waals surface area contributed by atoms with E-state index in [0.717, 1.165) is 27.4 Å². The van der Waals surface area contributed by atoms with Crippen molar-refractivity contribution in [3.05, 3.63) is 95.0 Å². The second kappa shape index (κ2) is 8.97. The highest BCUT2D eigenvalue weighted by Gasteiger charge is 2.22. The highest BCUT2D eigenvalue weighted by molar-refractivity contribution is 7.13. The molecule has 0 spiro atoms. The van der Waals surface area contributed by atoms with E-state index in [2.05, 4.69) is 12.1 Å². The molecule has 4 rings (SSSR count). The molecule has 1 amide bonds. The number of ether oxygens (including phenoxy) is 1. The lowest BCUT2D eigenvalue weighted by atomic mass is 10.1. The van der Waals surface area contributed by atoms with Crippen LogP contribution in [0.5, 0.6) is 5.75 Å². The number of thiophene rings is 1. The molecule has 0 aliphatic carbocycles. The maximum absolute atomic E-state index is 13.3. The summed E-state index contributed by atoms with van der Waals surface area (Å²) in [5.41, 5.74) is 3.49. The maximum Gasteiger partial charge on any atom is 0.257 e.